The summed E-state index contributed by atoms with van der Waals surface area (Å²) < 4.78 is 24.2. The monoisotopic (exact) mass is 290 g/mol. The van der Waals surface area contributed by atoms with E-state index in [9.17, 15) is 14.5 Å². The lowest BCUT2D eigenvalue weighted by atomic mass is 10.2. The fourth-order valence-electron chi connectivity index (χ4n) is 2.04. The van der Waals surface area contributed by atoms with Crippen LogP contribution >= 0.6 is 0 Å². The van der Waals surface area contributed by atoms with Crippen LogP contribution in [-0.4, -0.2) is 18.1 Å². The summed E-state index contributed by atoms with van der Waals surface area (Å²) in [4.78, 5) is 10.1. The highest BCUT2D eigenvalue weighted by atomic mass is 19.1. The number of rotatable bonds is 3. The summed E-state index contributed by atoms with van der Waals surface area (Å²) >= 11 is 0. The Labute approximate surface area is 119 Å². The smallest absolute Gasteiger partial charge is 0.274 e. The maximum Gasteiger partial charge on any atom is 0.274 e. The number of nitro benzene ring substituents is 1. The number of benzene rings is 2. The number of halogens is 1. The highest BCUT2D eigenvalue weighted by Crippen LogP contribution is 2.34. The zero-order valence-corrected chi connectivity index (χ0v) is 10.8. The topological polar surface area (TPSA) is 73.6 Å². The van der Waals surface area contributed by atoms with Gasteiger partial charge >= 0.3 is 0 Å². The first-order chi connectivity index (χ1) is 10.1. The van der Waals surface area contributed by atoms with Crippen LogP contribution in [0.2, 0.25) is 0 Å². The van der Waals surface area contributed by atoms with Crippen molar-refractivity contribution in [3.8, 4) is 11.5 Å². The minimum Gasteiger partial charge on any atom is -0.486 e. The molecule has 3 rings (SSSR count). The summed E-state index contributed by atoms with van der Waals surface area (Å²) in [5, 5.41) is 13.6. The first kappa shape index (κ1) is 13.2. The molecule has 6 nitrogen and oxygen atoms in total. The average Bonchev–Trinajstić information content (AvgIpc) is 2.46. The van der Waals surface area contributed by atoms with E-state index < -0.39 is 10.7 Å². The Hall–Kier alpha value is -2.83. The quantitative estimate of drug-likeness (QED) is 0.693. The number of ether oxygens (including phenoxy) is 2. The molecule has 108 valence electrons. The lowest BCUT2D eigenvalue weighted by Crippen LogP contribution is -2.15. The molecule has 1 aliphatic rings. The van der Waals surface area contributed by atoms with E-state index in [0.29, 0.717) is 36.1 Å². The van der Waals surface area contributed by atoms with Crippen LogP contribution in [0.3, 0.4) is 0 Å². The molecule has 1 N–H and O–H groups in total. The summed E-state index contributed by atoms with van der Waals surface area (Å²) in [5.41, 5.74) is 0.604. The molecule has 2 aromatic carbocycles. The van der Waals surface area contributed by atoms with Crippen molar-refractivity contribution in [2.24, 2.45) is 0 Å². The number of fused-ring (bicyclic) bond motifs is 1. The molecule has 0 radical (unpaired) electrons. The molecule has 0 saturated carbocycles. The van der Waals surface area contributed by atoms with Crippen LogP contribution in [-0.2, 0) is 0 Å². The van der Waals surface area contributed by atoms with Gasteiger partial charge in [-0.3, -0.25) is 10.1 Å². The summed E-state index contributed by atoms with van der Waals surface area (Å²) in [5.74, 6) is 0.540. The number of nitrogens with zero attached hydrogens (tertiary/aromatic N) is 1. The van der Waals surface area contributed by atoms with E-state index in [1.165, 1.54) is 12.1 Å². The van der Waals surface area contributed by atoms with E-state index in [2.05, 4.69) is 5.32 Å². The lowest BCUT2D eigenvalue weighted by molar-refractivity contribution is -0.385. The molecule has 0 aromatic heterocycles. The minimum atomic E-state index is -0.677. The van der Waals surface area contributed by atoms with Gasteiger partial charge in [0, 0.05) is 23.5 Å². The van der Waals surface area contributed by atoms with Crippen LogP contribution in [0.1, 0.15) is 0 Å². The lowest BCUT2D eigenvalue weighted by Gasteiger charge is -2.19. The SMILES string of the molecule is O=[N+]([O-])c1cc(F)cc(Nc2ccc3c(c2)OCCO3)c1. The third-order valence-electron chi connectivity index (χ3n) is 2.92. The number of nitro groups is 1. The Balaban J connectivity index is 1.88. The van der Waals surface area contributed by atoms with Gasteiger partial charge in [-0.2, -0.15) is 0 Å². The standard InChI is InChI=1S/C14H11FN2O4/c15-9-5-11(7-12(6-9)17(18)19)16-10-1-2-13-14(8-10)21-4-3-20-13/h1-2,5-8,16H,3-4H2. The Morgan fingerprint density at radius 2 is 1.81 bits per heavy atom. The van der Waals surface area contributed by atoms with Crippen molar-refractivity contribution in [1.82, 2.24) is 0 Å². The van der Waals surface area contributed by atoms with E-state index in [-0.39, 0.29) is 5.69 Å². The van der Waals surface area contributed by atoms with Gasteiger partial charge in [-0.25, -0.2) is 4.39 Å². The van der Waals surface area contributed by atoms with Crippen molar-refractivity contribution in [3.05, 3.63) is 52.3 Å². The third-order valence-corrected chi connectivity index (χ3v) is 2.92. The van der Waals surface area contributed by atoms with Crippen molar-refractivity contribution < 1.29 is 18.8 Å². The highest BCUT2D eigenvalue weighted by molar-refractivity contribution is 5.65. The van der Waals surface area contributed by atoms with Crippen LogP contribution in [0, 0.1) is 15.9 Å². The van der Waals surface area contributed by atoms with Gasteiger partial charge in [0.15, 0.2) is 11.5 Å². The maximum atomic E-state index is 13.4. The zero-order valence-electron chi connectivity index (χ0n) is 10.8. The molecule has 7 heteroatoms. The van der Waals surface area contributed by atoms with Gasteiger partial charge in [0.25, 0.3) is 5.69 Å². The molecule has 0 aliphatic carbocycles. The number of anilines is 2. The second-order valence-corrected chi connectivity index (χ2v) is 4.44. The molecule has 1 heterocycles. The number of non-ortho nitro benzene ring substituents is 1. The Bertz CT molecular complexity index is 705. The molecule has 0 bridgehead atoms. The van der Waals surface area contributed by atoms with Crippen LogP contribution < -0.4 is 14.8 Å². The first-order valence-corrected chi connectivity index (χ1v) is 6.23. The minimum absolute atomic E-state index is 0.290. The Morgan fingerprint density at radius 1 is 1.05 bits per heavy atom. The van der Waals surface area contributed by atoms with E-state index >= 15 is 0 Å². The van der Waals surface area contributed by atoms with Gasteiger partial charge in [0.2, 0.25) is 0 Å². The van der Waals surface area contributed by atoms with Crippen molar-refractivity contribution >= 4 is 17.1 Å². The second kappa shape index (κ2) is 5.28. The Kier molecular flexibility index (Phi) is 3.31. The molecule has 0 atom stereocenters. The van der Waals surface area contributed by atoms with Crippen molar-refractivity contribution in [2.45, 2.75) is 0 Å². The normalized spacial score (nSPS) is 12.8. The summed E-state index contributed by atoms with van der Waals surface area (Å²) in [6.45, 7) is 0.956. The molecule has 21 heavy (non-hydrogen) atoms. The summed E-state index contributed by atoms with van der Waals surface area (Å²) in [7, 11) is 0. The van der Waals surface area contributed by atoms with Crippen LogP contribution in [0.25, 0.3) is 0 Å². The predicted octanol–water partition coefficient (Wildman–Crippen LogP) is 3.25. The molecule has 2 aromatic rings. The number of nitrogens with one attached hydrogen (secondary N) is 1. The van der Waals surface area contributed by atoms with Gasteiger partial charge in [0.05, 0.1) is 11.0 Å². The summed E-state index contributed by atoms with van der Waals surface area (Å²) in [6, 6.07) is 8.47. The zero-order chi connectivity index (χ0) is 14.8. The number of hydrogen-bond acceptors (Lipinski definition) is 5. The highest BCUT2D eigenvalue weighted by Gasteiger charge is 2.13. The van der Waals surface area contributed by atoms with Gasteiger partial charge in [0.1, 0.15) is 19.0 Å². The predicted molar refractivity (Wildman–Crippen MR) is 73.8 cm³/mol. The fraction of sp³-hybridized carbons (Fsp3) is 0.143. The van der Waals surface area contributed by atoms with Crippen LogP contribution in [0.4, 0.5) is 21.5 Å². The molecule has 0 saturated heterocycles. The largest absolute Gasteiger partial charge is 0.486 e. The average molecular weight is 290 g/mol. The first-order valence-electron chi connectivity index (χ1n) is 6.23. The summed E-state index contributed by atoms with van der Waals surface area (Å²) in [6.07, 6.45) is 0. The fourth-order valence-corrected chi connectivity index (χ4v) is 2.04. The Morgan fingerprint density at radius 3 is 2.57 bits per heavy atom. The second-order valence-electron chi connectivity index (χ2n) is 4.44. The molecule has 1 aliphatic heterocycles. The van der Waals surface area contributed by atoms with Crippen molar-refractivity contribution in [1.29, 1.82) is 0 Å². The van der Waals surface area contributed by atoms with Gasteiger partial charge in [-0.1, -0.05) is 0 Å². The van der Waals surface area contributed by atoms with E-state index in [1.54, 1.807) is 18.2 Å². The van der Waals surface area contributed by atoms with Crippen molar-refractivity contribution in [2.75, 3.05) is 18.5 Å². The molecular weight excluding hydrogens is 279 g/mol. The molecule has 0 unspecified atom stereocenters. The molecular formula is C14H11FN2O4. The van der Waals surface area contributed by atoms with Gasteiger partial charge < -0.3 is 14.8 Å². The molecule has 0 fully saturated rings. The van der Waals surface area contributed by atoms with Crippen LogP contribution in [0.15, 0.2) is 36.4 Å². The van der Waals surface area contributed by atoms with E-state index in [1.807, 2.05) is 0 Å². The van der Waals surface area contributed by atoms with E-state index in [0.717, 1.165) is 6.07 Å². The van der Waals surface area contributed by atoms with E-state index in [4.69, 9.17) is 9.47 Å². The third kappa shape index (κ3) is 2.86. The van der Waals surface area contributed by atoms with Crippen LogP contribution in [0.5, 0.6) is 11.5 Å². The van der Waals surface area contributed by atoms with Gasteiger partial charge in [-0.05, 0) is 18.2 Å². The number of hydrogen-bond donors (Lipinski definition) is 1. The maximum absolute atomic E-state index is 13.4. The molecule has 0 spiro atoms. The van der Waals surface area contributed by atoms with Gasteiger partial charge in [-0.15, -0.1) is 0 Å². The molecule has 0 amide bonds. The van der Waals surface area contributed by atoms with Crippen molar-refractivity contribution in [3.63, 3.8) is 0 Å².